The zero-order chi connectivity index (χ0) is 51.0. The van der Waals surface area contributed by atoms with E-state index in [1.165, 1.54) is 11.4 Å². The number of esters is 1. The molecule has 1 aliphatic carbocycles. The van der Waals surface area contributed by atoms with Crippen molar-refractivity contribution in [2.75, 3.05) is 33.1 Å². The molecule has 0 spiro atoms. The summed E-state index contributed by atoms with van der Waals surface area (Å²) in [4.78, 5) is 72.2. The Bertz CT molecular complexity index is 2070. The molecule has 0 aromatic rings. The number of Topliss-reactive ketones (excluding diaryl/α,β-unsaturated/α-hetero) is 3. The Morgan fingerprint density at radius 2 is 1.58 bits per heavy atom. The first-order valence-electron chi connectivity index (χ1n) is 25.2. The maximum absolute atomic E-state index is 14.4. The van der Waals surface area contributed by atoms with Gasteiger partial charge in [0.05, 0.1) is 24.1 Å². The van der Waals surface area contributed by atoms with Crippen LogP contribution in [-0.4, -0.2) is 150 Å². The smallest absolute Gasteiger partial charge is 0.329 e. The van der Waals surface area contributed by atoms with E-state index in [1.54, 1.807) is 59.1 Å². The number of allylic oxidation sites excluding steroid dienone is 6. The van der Waals surface area contributed by atoms with Crippen molar-refractivity contribution in [1.29, 1.82) is 0 Å². The Balaban J connectivity index is 1.50. The van der Waals surface area contributed by atoms with Crippen LogP contribution in [0.5, 0.6) is 0 Å². The van der Waals surface area contributed by atoms with Gasteiger partial charge in [0.15, 0.2) is 5.78 Å². The van der Waals surface area contributed by atoms with E-state index >= 15 is 0 Å². The number of carbonyl (C=O) groups is 5. The molecule has 4 fully saturated rings. The van der Waals surface area contributed by atoms with Crippen molar-refractivity contribution in [3.05, 3.63) is 47.6 Å². The predicted molar refractivity (Wildman–Crippen MR) is 259 cm³/mol. The number of fused-ring (bicyclic) bond motifs is 3. The van der Waals surface area contributed by atoms with Crippen molar-refractivity contribution in [2.45, 2.75) is 180 Å². The van der Waals surface area contributed by atoms with Crippen LogP contribution in [0.1, 0.15) is 126 Å². The normalized spacial score (nSPS) is 40.8. The number of carbonyl (C=O) groups excluding carboxylic acids is 5. The maximum Gasteiger partial charge on any atom is 0.329 e. The molecule has 2 bridgehead atoms. The Labute approximate surface area is 409 Å². The lowest BCUT2D eigenvalue weighted by Crippen LogP contribution is -2.61. The van der Waals surface area contributed by atoms with E-state index in [0.29, 0.717) is 68.9 Å². The minimum absolute atomic E-state index is 0.0110. The Morgan fingerprint density at radius 1 is 0.855 bits per heavy atom. The highest BCUT2D eigenvalue weighted by Gasteiger charge is 2.54. The summed E-state index contributed by atoms with van der Waals surface area (Å²) in [5, 5.41) is 34.0. The van der Waals surface area contributed by atoms with Gasteiger partial charge in [0.1, 0.15) is 30.1 Å². The molecular formula is C52H80N2O14S. The van der Waals surface area contributed by atoms with Crippen molar-refractivity contribution in [3.63, 3.8) is 0 Å². The van der Waals surface area contributed by atoms with Gasteiger partial charge in [-0.15, -0.1) is 0 Å². The van der Waals surface area contributed by atoms with Crippen molar-refractivity contribution in [1.82, 2.24) is 9.21 Å². The van der Waals surface area contributed by atoms with Gasteiger partial charge in [-0.25, -0.2) is 13.2 Å². The second-order valence-corrected chi connectivity index (χ2v) is 22.8. The molecule has 69 heavy (non-hydrogen) atoms. The number of sulfonamides is 1. The molecule has 0 aromatic heterocycles. The van der Waals surface area contributed by atoms with E-state index in [4.69, 9.17) is 18.9 Å². The van der Waals surface area contributed by atoms with Crippen LogP contribution in [0.2, 0.25) is 0 Å². The first kappa shape index (κ1) is 56.5. The van der Waals surface area contributed by atoms with Crippen LogP contribution < -0.4 is 0 Å². The molecule has 388 valence electrons. The van der Waals surface area contributed by atoms with E-state index < -0.39 is 93.8 Å². The molecule has 3 saturated heterocycles. The third-order valence-electron chi connectivity index (χ3n) is 15.5. The van der Waals surface area contributed by atoms with Gasteiger partial charge in [0.25, 0.3) is 11.7 Å². The number of hydrogen-bond acceptors (Lipinski definition) is 14. The summed E-state index contributed by atoms with van der Waals surface area (Å²) in [6, 6.07) is -1.86. The monoisotopic (exact) mass is 989 g/mol. The van der Waals surface area contributed by atoms with Gasteiger partial charge in [-0.3, -0.25) is 19.2 Å². The number of nitrogens with zero attached hydrogens (tertiary/aromatic N) is 2. The lowest BCUT2D eigenvalue weighted by atomic mass is 9.78. The maximum atomic E-state index is 14.4. The third kappa shape index (κ3) is 14.0. The first-order valence-corrected chi connectivity index (χ1v) is 26.8. The highest BCUT2D eigenvalue weighted by Crippen LogP contribution is 2.39. The van der Waals surface area contributed by atoms with Gasteiger partial charge < -0.3 is 39.2 Å². The molecule has 0 aromatic carbocycles. The van der Waals surface area contributed by atoms with Gasteiger partial charge >= 0.3 is 5.97 Å². The molecule has 4 heterocycles. The van der Waals surface area contributed by atoms with Gasteiger partial charge in [0, 0.05) is 57.5 Å². The first-order chi connectivity index (χ1) is 32.5. The minimum Gasteiger partial charge on any atom is -0.460 e. The molecule has 5 aliphatic rings. The van der Waals surface area contributed by atoms with E-state index in [-0.39, 0.29) is 73.5 Å². The Morgan fingerprint density at radius 3 is 2.23 bits per heavy atom. The second-order valence-electron chi connectivity index (χ2n) is 20.8. The fourth-order valence-corrected chi connectivity index (χ4v) is 12.2. The lowest BCUT2D eigenvalue weighted by Gasteiger charge is -2.44. The highest BCUT2D eigenvalue weighted by atomic mass is 32.2. The average Bonchev–Trinajstić information content (AvgIpc) is 3.31. The van der Waals surface area contributed by atoms with E-state index in [0.717, 1.165) is 4.90 Å². The molecule has 16 nitrogen and oxygen atoms in total. The van der Waals surface area contributed by atoms with E-state index in [1.807, 2.05) is 32.9 Å². The summed E-state index contributed by atoms with van der Waals surface area (Å²) in [5.74, 6) is -8.64. The highest BCUT2D eigenvalue weighted by molar-refractivity contribution is 7.90. The second kappa shape index (κ2) is 24.8. The summed E-state index contributed by atoms with van der Waals surface area (Å²) in [5.41, 5.74) is 1.07. The molecule has 5 rings (SSSR count). The topological polar surface area (TPSA) is 224 Å². The molecule has 1 saturated carbocycles. The van der Waals surface area contributed by atoms with Crippen LogP contribution in [-0.2, 0) is 52.9 Å². The van der Waals surface area contributed by atoms with Gasteiger partial charge in [-0.2, -0.15) is 4.31 Å². The Hall–Kier alpha value is -3.42. The molecule has 15 atom stereocenters. The van der Waals surface area contributed by atoms with E-state index in [2.05, 4.69) is 0 Å². The average molecular weight is 989 g/mol. The fourth-order valence-electron chi connectivity index (χ4n) is 10.9. The standard InChI is InChI=1S/C52H80N2O14S/c1-31-15-11-10-12-16-32(2)41(54-23-24-69(54,63)64)29-39-20-18-37(7)52(62,68-39)49(59)50(60)53-22-14-13-17-40(53)51(61)67-44(34(4)27-38-19-21-42(55)45(28-38)65-8)30-43(56)33(3)26-36(6)47(58)48(66-9)46(57)35(5)25-31/h10-12,15-16,26,31,33-35,37-42,44-45,47-48,55,58,62H,13-14,17-25,27-30H2,1-9H3/b12-10+,15-11+,32-16+,36-26+/t31-,33-,34-,35-,37-,38+,39+,40+,41?,42-,44+,45-,47-,48+,52-/m1/s1. The number of amides is 1. The summed E-state index contributed by atoms with van der Waals surface area (Å²) in [6.07, 6.45) is 10.1. The van der Waals surface area contributed by atoms with Crippen molar-refractivity contribution >= 4 is 39.2 Å². The predicted octanol–water partition coefficient (Wildman–Crippen LogP) is 5.18. The third-order valence-corrected chi connectivity index (χ3v) is 17.3. The number of aliphatic hydroxyl groups is 3. The molecule has 0 radical (unpaired) electrons. The summed E-state index contributed by atoms with van der Waals surface area (Å²) in [6.45, 7) is 12.7. The number of hydrogen-bond donors (Lipinski definition) is 3. The number of aliphatic hydroxyl groups excluding tert-OH is 2. The minimum atomic E-state index is -3.56. The number of piperidine rings is 1. The van der Waals surface area contributed by atoms with Crippen LogP contribution in [0.4, 0.5) is 0 Å². The van der Waals surface area contributed by atoms with Crippen molar-refractivity contribution in [2.24, 2.45) is 35.5 Å². The van der Waals surface area contributed by atoms with E-state index in [9.17, 15) is 47.7 Å². The summed E-state index contributed by atoms with van der Waals surface area (Å²) in [7, 11) is -0.644. The SMILES string of the molecule is CO[C@@H]1C[C@H](C[C@@H](C)[C@@H]2CC(=O)[C@H](C)/C=C(\C)[C@@H](O)[C@@H](OC)C(=O)[C@H](C)C[C@H](C)/C=C/C=C/C=C(\C)C(N3CCS3(=O)=O)C[C@@H]3CC[C@@H](C)[C@@](O)(O3)C(=O)C(=O)N3CCCC[C@H]3C(=O)O2)CC[C@H]1O. The number of ketones is 3. The van der Waals surface area contributed by atoms with Crippen LogP contribution in [0.3, 0.4) is 0 Å². The fraction of sp³-hybridized carbons (Fsp3) is 0.750. The summed E-state index contributed by atoms with van der Waals surface area (Å²) < 4.78 is 51.0. The molecular weight excluding hydrogens is 909 g/mol. The summed E-state index contributed by atoms with van der Waals surface area (Å²) >= 11 is 0. The molecule has 1 unspecified atom stereocenters. The molecule has 17 heteroatoms. The van der Waals surface area contributed by atoms with Crippen LogP contribution in [0.15, 0.2) is 47.6 Å². The van der Waals surface area contributed by atoms with Gasteiger partial charge in [0.2, 0.25) is 15.8 Å². The van der Waals surface area contributed by atoms with Crippen molar-refractivity contribution < 1.29 is 66.7 Å². The lowest BCUT2D eigenvalue weighted by molar-refractivity contribution is -0.264. The molecule has 3 N–H and O–H groups in total. The molecule has 1 amide bonds. The largest absolute Gasteiger partial charge is 0.460 e. The van der Waals surface area contributed by atoms with Gasteiger partial charge in [-0.05, 0) is 108 Å². The van der Waals surface area contributed by atoms with Gasteiger partial charge in [-0.1, -0.05) is 76.6 Å². The van der Waals surface area contributed by atoms with Crippen LogP contribution in [0, 0.1) is 35.5 Å². The number of ether oxygens (including phenoxy) is 4. The van der Waals surface area contributed by atoms with Crippen LogP contribution in [0.25, 0.3) is 0 Å². The molecule has 4 aliphatic heterocycles. The zero-order valence-electron chi connectivity index (χ0n) is 42.3. The Kier molecular flexibility index (Phi) is 20.3. The number of methoxy groups -OCH3 is 2. The van der Waals surface area contributed by atoms with Crippen molar-refractivity contribution in [3.8, 4) is 0 Å². The number of cyclic esters (lactones) is 1. The van der Waals surface area contributed by atoms with Crippen LogP contribution >= 0.6 is 0 Å². The zero-order valence-corrected chi connectivity index (χ0v) is 43.1. The number of rotatable bonds is 6. The quantitative estimate of drug-likeness (QED) is 0.177.